The number of rotatable bonds is 6. The second kappa shape index (κ2) is 9.84. The lowest BCUT2D eigenvalue weighted by molar-refractivity contribution is 0.0900. The summed E-state index contributed by atoms with van der Waals surface area (Å²) in [6, 6.07) is 14.0. The van der Waals surface area contributed by atoms with Crippen molar-refractivity contribution in [3.8, 4) is 0 Å². The minimum Gasteiger partial charge on any atom is -0.322 e. The van der Waals surface area contributed by atoms with Crippen LogP contribution >= 0.6 is 11.6 Å². The van der Waals surface area contributed by atoms with Gasteiger partial charge < -0.3 is 9.80 Å². The molecule has 7 heteroatoms. The molecule has 2 atom stereocenters. The maximum atomic E-state index is 13.5. The molecule has 1 aliphatic carbocycles. The molecule has 182 valence electrons. The van der Waals surface area contributed by atoms with Crippen LogP contribution in [-0.4, -0.2) is 84.0 Å². The molecule has 2 saturated heterocycles. The summed E-state index contributed by atoms with van der Waals surface area (Å²) in [6.07, 6.45) is 0.995. The van der Waals surface area contributed by atoms with Gasteiger partial charge in [0.1, 0.15) is 5.82 Å². The molecule has 34 heavy (non-hydrogen) atoms. The second-order valence-electron chi connectivity index (χ2n) is 10.1. The number of hydrogen-bond donors (Lipinski definition) is 0. The largest absolute Gasteiger partial charge is 0.322 e. The number of carbonyl (C=O) groups excluding carboxylic acids is 1. The normalized spacial score (nSPS) is 23.9. The molecule has 2 amide bonds. The van der Waals surface area contributed by atoms with Crippen LogP contribution in [0.15, 0.2) is 42.5 Å². The summed E-state index contributed by atoms with van der Waals surface area (Å²) in [4.78, 5) is 21.6. The van der Waals surface area contributed by atoms with Crippen molar-refractivity contribution in [1.82, 2.24) is 19.6 Å². The molecule has 2 fully saturated rings. The predicted octanol–water partition coefficient (Wildman–Crippen LogP) is 4.82. The zero-order valence-electron chi connectivity index (χ0n) is 20.1. The molecule has 0 unspecified atom stereocenters. The van der Waals surface area contributed by atoms with Crippen molar-refractivity contribution in [2.45, 2.75) is 38.3 Å². The Hall–Kier alpha value is -2.15. The molecule has 2 heterocycles. The van der Waals surface area contributed by atoms with Crippen LogP contribution in [-0.2, 0) is 0 Å². The van der Waals surface area contributed by atoms with Crippen LogP contribution in [0.25, 0.3) is 0 Å². The van der Waals surface area contributed by atoms with Crippen molar-refractivity contribution in [2.75, 3.05) is 52.4 Å². The number of nitrogens with zero attached hydrogens (tertiary/aromatic N) is 4. The lowest BCUT2D eigenvalue weighted by Gasteiger charge is -2.39. The van der Waals surface area contributed by atoms with E-state index >= 15 is 0 Å². The zero-order valence-corrected chi connectivity index (χ0v) is 20.8. The highest BCUT2D eigenvalue weighted by molar-refractivity contribution is 6.30. The first-order chi connectivity index (χ1) is 16.4. The number of halogens is 2. The van der Waals surface area contributed by atoms with Gasteiger partial charge in [-0.25, -0.2) is 9.18 Å². The minimum atomic E-state index is -0.201. The molecular formula is C27H34ClFN4O. The molecule has 0 N–H and O–H groups in total. The van der Waals surface area contributed by atoms with Gasteiger partial charge in [-0.1, -0.05) is 29.8 Å². The van der Waals surface area contributed by atoms with E-state index in [0.717, 1.165) is 69.4 Å². The van der Waals surface area contributed by atoms with E-state index in [2.05, 4.69) is 35.8 Å². The van der Waals surface area contributed by atoms with Gasteiger partial charge >= 0.3 is 6.03 Å². The molecule has 0 bridgehead atoms. The topological polar surface area (TPSA) is 30.0 Å². The number of carbonyl (C=O) groups is 1. The highest BCUT2D eigenvalue weighted by Gasteiger charge is 2.37. The Balaban J connectivity index is 1.20. The predicted molar refractivity (Wildman–Crippen MR) is 134 cm³/mol. The van der Waals surface area contributed by atoms with Gasteiger partial charge in [0.05, 0.1) is 0 Å². The lowest BCUT2D eigenvalue weighted by atomic mass is 9.93. The maximum Gasteiger partial charge on any atom is 0.320 e. The fraction of sp³-hybridized carbons (Fsp3) is 0.519. The molecule has 3 aliphatic rings. The lowest BCUT2D eigenvalue weighted by Crippen LogP contribution is -2.49. The van der Waals surface area contributed by atoms with E-state index < -0.39 is 0 Å². The average Bonchev–Trinajstić information content (AvgIpc) is 3.39. The first kappa shape index (κ1) is 23.6. The van der Waals surface area contributed by atoms with Gasteiger partial charge in [-0.2, -0.15) is 0 Å². The third-order valence-corrected chi connectivity index (χ3v) is 8.03. The number of amides is 2. The highest BCUT2D eigenvalue weighted by atomic mass is 35.5. The number of hydrogen-bond acceptors (Lipinski definition) is 3. The molecule has 5 nitrogen and oxygen atoms in total. The zero-order chi connectivity index (χ0) is 23.8. The van der Waals surface area contributed by atoms with Crippen LogP contribution in [0.2, 0.25) is 5.02 Å². The van der Waals surface area contributed by atoms with Crippen molar-refractivity contribution in [1.29, 1.82) is 0 Å². The monoisotopic (exact) mass is 484 g/mol. The summed E-state index contributed by atoms with van der Waals surface area (Å²) in [5.41, 5.74) is 3.77. The van der Waals surface area contributed by atoms with Crippen LogP contribution in [0.5, 0.6) is 0 Å². The van der Waals surface area contributed by atoms with Gasteiger partial charge in [-0.3, -0.25) is 9.80 Å². The standard InChI is InChI=1S/C27H34ClFN4O/c1-19(2)33-16-15-32(27(33)34)14-11-30-9-12-31(13-10-30)26-18-24(20-3-6-22(29)7-4-20)25-17-21(28)5-8-23(25)26/h3-8,17,19,24,26H,9-16,18H2,1-2H3/t24-,26+/m0/s1. The smallest absolute Gasteiger partial charge is 0.320 e. The van der Waals surface area contributed by atoms with E-state index in [1.165, 1.54) is 11.1 Å². The maximum absolute atomic E-state index is 13.5. The second-order valence-corrected chi connectivity index (χ2v) is 10.5. The molecule has 2 aromatic carbocycles. The summed E-state index contributed by atoms with van der Waals surface area (Å²) in [7, 11) is 0. The van der Waals surface area contributed by atoms with E-state index in [-0.39, 0.29) is 23.8 Å². The number of piperazine rings is 1. The molecule has 0 aromatic heterocycles. The van der Waals surface area contributed by atoms with Crippen LogP contribution in [0.4, 0.5) is 9.18 Å². The van der Waals surface area contributed by atoms with E-state index in [4.69, 9.17) is 11.6 Å². The van der Waals surface area contributed by atoms with Crippen molar-refractivity contribution < 1.29 is 9.18 Å². The van der Waals surface area contributed by atoms with Crippen LogP contribution in [0.3, 0.4) is 0 Å². The Labute approximate surface area is 207 Å². The molecule has 2 aliphatic heterocycles. The summed E-state index contributed by atoms with van der Waals surface area (Å²) in [6.45, 7) is 11.6. The van der Waals surface area contributed by atoms with Gasteiger partial charge in [0.15, 0.2) is 0 Å². The van der Waals surface area contributed by atoms with Crippen LogP contribution in [0, 0.1) is 5.82 Å². The van der Waals surface area contributed by atoms with Crippen LogP contribution in [0.1, 0.15) is 48.9 Å². The average molecular weight is 485 g/mol. The summed E-state index contributed by atoms with van der Waals surface area (Å²) < 4.78 is 13.5. The molecule has 0 spiro atoms. The van der Waals surface area contributed by atoms with Crippen molar-refractivity contribution in [3.05, 3.63) is 70.0 Å². The fourth-order valence-corrected chi connectivity index (χ4v) is 6.01. The third-order valence-electron chi connectivity index (χ3n) is 7.80. The minimum absolute atomic E-state index is 0.182. The van der Waals surface area contributed by atoms with Gasteiger partial charge in [-0.05, 0) is 61.2 Å². The number of fused-ring (bicyclic) bond motifs is 1. The molecule has 5 rings (SSSR count). The third kappa shape index (κ3) is 4.68. The van der Waals surface area contributed by atoms with E-state index in [1.807, 2.05) is 28.0 Å². The Morgan fingerprint density at radius 3 is 2.35 bits per heavy atom. The molecule has 2 aromatic rings. The summed E-state index contributed by atoms with van der Waals surface area (Å²) in [5, 5.41) is 0.754. The number of urea groups is 1. The number of benzene rings is 2. The van der Waals surface area contributed by atoms with E-state index in [0.29, 0.717) is 6.04 Å². The van der Waals surface area contributed by atoms with Crippen molar-refractivity contribution >= 4 is 17.6 Å². The summed E-state index contributed by atoms with van der Waals surface area (Å²) in [5.74, 6) is 0.0377. The van der Waals surface area contributed by atoms with E-state index in [1.54, 1.807) is 12.1 Å². The van der Waals surface area contributed by atoms with E-state index in [9.17, 15) is 9.18 Å². The van der Waals surface area contributed by atoms with Gasteiger partial charge in [-0.15, -0.1) is 0 Å². The Morgan fingerprint density at radius 1 is 0.941 bits per heavy atom. The van der Waals surface area contributed by atoms with Gasteiger partial charge in [0, 0.05) is 75.4 Å². The molecular weight excluding hydrogens is 451 g/mol. The van der Waals surface area contributed by atoms with Gasteiger partial charge in [0.2, 0.25) is 0 Å². The Bertz CT molecular complexity index is 1020. The van der Waals surface area contributed by atoms with Gasteiger partial charge in [0.25, 0.3) is 0 Å². The molecule has 0 radical (unpaired) electrons. The first-order valence-electron chi connectivity index (χ1n) is 12.5. The SMILES string of the molecule is CC(C)N1CCN(CCN2CCN([C@@H]3C[C@@H](c4ccc(F)cc4)c4cc(Cl)ccc43)CC2)C1=O. The van der Waals surface area contributed by atoms with Crippen molar-refractivity contribution in [2.24, 2.45) is 0 Å². The highest BCUT2D eigenvalue weighted by Crippen LogP contribution is 2.47. The molecule has 0 saturated carbocycles. The van der Waals surface area contributed by atoms with Crippen molar-refractivity contribution in [3.63, 3.8) is 0 Å². The van der Waals surface area contributed by atoms with Crippen LogP contribution < -0.4 is 0 Å². The summed E-state index contributed by atoms with van der Waals surface area (Å²) >= 11 is 6.37. The Morgan fingerprint density at radius 2 is 1.68 bits per heavy atom. The Kier molecular flexibility index (Phi) is 6.83. The quantitative estimate of drug-likeness (QED) is 0.589. The first-order valence-corrected chi connectivity index (χ1v) is 12.9. The fourth-order valence-electron chi connectivity index (χ4n) is 5.83.